The maximum atomic E-state index is 13.4. The SMILES string of the molecule is CC(Cl)c1cn(-c2cc(F)c(F)cc2F)nn1. The molecule has 2 rings (SSSR count). The van der Waals surface area contributed by atoms with Crippen molar-refractivity contribution in [3.8, 4) is 5.69 Å². The summed E-state index contributed by atoms with van der Waals surface area (Å²) in [5.74, 6) is -3.34. The Morgan fingerprint density at radius 3 is 2.41 bits per heavy atom. The summed E-state index contributed by atoms with van der Waals surface area (Å²) in [6.45, 7) is 1.66. The van der Waals surface area contributed by atoms with Gasteiger partial charge in [0, 0.05) is 12.1 Å². The van der Waals surface area contributed by atoms with Gasteiger partial charge in [-0.25, -0.2) is 17.9 Å². The number of hydrogen-bond donors (Lipinski definition) is 0. The first-order valence-electron chi connectivity index (χ1n) is 4.70. The minimum Gasteiger partial charge on any atom is -0.217 e. The molecule has 1 aromatic heterocycles. The van der Waals surface area contributed by atoms with Gasteiger partial charge in [0.1, 0.15) is 11.4 Å². The average molecular weight is 262 g/mol. The summed E-state index contributed by atoms with van der Waals surface area (Å²) in [4.78, 5) is 0. The zero-order valence-electron chi connectivity index (χ0n) is 8.66. The lowest BCUT2D eigenvalue weighted by Gasteiger charge is -2.02. The number of halogens is 4. The van der Waals surface area contributed by atoms with Gasteiger partial charge in [0.25, 0.3) is 0 Å². The third kappa shape index (κ3) is 2.26. The van der Waals surface area contributed by atoms with Crippen molar-refractivity contribution in [3.63, 3.8) is 0 Å². The maximum absolute atomic E-state index is 13.4. The van der Waals surface area contributed by atoms with Crippen LogP contribution in [-0.2, 0) is 0 Å². The van der Waals surface area contributed by atoms with E-state index in [-0.39, 0.29) is 5.69 Å². The van der Waals surface area contributed by atoms with Gasteiger partial charge in [-0.3, -0.25) is 0 Å². The van der Waals surface area contributed by atoms with Crippen molar-refractivity contribution >= 4 is 11.6 Å². The van der Waals surface area contributed by atoms with E-state index in [4.69, 9.17) is 11.6 Å². The van der Waals surface area contributed by atoms with Gasteiger partial charge < -0.3 is 0 Å². The summed E-state index contributed by atoms with van der Waals surface area (Å²) in [6, 6.07) is 1.16. The van der Waals surface area contributed by atoms with E-state index in [1.54, 1.807) is 6.92 Å². The predicted octanol–water partition coefficient (Wildman–Crippen LogP) is 2.98. The van der Waals surface area contributed by atoms with Gasteiger partial charge in [0.2, 0.25) is 0 Å². The standard InChI is InChI=1S/C10H7ClF3N3/c1-5(11)9-4-17(16-15-9)10-3-7(13)6(12)2-8(10)14/h2-5H,1H3. The molecule has 0 saturated carbocycles. The van der Waals surface area contributed by atoms with Gasteiger partial charge in [0.05, 0.1) is 11.6 Å². The monoisotopic (exact) mass is 261 g/mol. The lowest BCUT2D eigenvalue weighted by molar-refractivity contribution is 0.491. The zero-order chi connectivity index (χ0) is 12.6. The molecule has 0 bridgehead atoms. The summed E-state index contributed by atoms with van der Waals surface area (Å²) in [5.41, 5.74) is 0.191. The lowest BCUT2D eigenvalue weighted by Crippen LogP contribution is -2.01. The summed E-state index contributed by atoms with van der Waals surface area (Å²) in [5, 5.41) is 6.87. The molecule has 0 amide bonds. The van der Waals surface area contributed by atoms with E-state index in [2.05, 4.69) is 10.3 Å². The molecule has 1 heterocycles. The van der Waals surface area contributed by atoms with Gasteiger partial charge in [0.15, 0.2) is 17.5 Å². The fourth-order valence-electron chi connectivity index (χ4n) is 1.26. The van der Waals surface area contributed by atoms with E-state index < -0.39 is 22.8 Å². The summed E-state index contributed by atoms with van der Waals surface area (Å²) in [6.07, 6.45) is 1.35. The zero-order valence-corrected chi connectivity index (χ0v) is 9.42. The predicted molar refractivity (Wildman–Crippen MR) is 55.5 cm³/mol. The summed E-state index contributed by atoms with van der Waals surface area (Å²) < 4.78 is 40.1. The molecule has 2 aromatic rings. The second-order valence-electron chi connectivity index (χ2n) is 3.42. The topological polar surface area (TPSA) is 30.7 Å². The highest BCUT2D eigenvalue weighted by Gasteiger charge is 2.14. The molecule has 0 fully saturated rings. The summed E-state index contributed by atoms with van der Waals surface area (Å²) >= 11 is 5.76. The van der Waals surface area contributed by atoms with Gasteiger partial charge >= 0.3 is 0 Å². The van der Waals surface area contributed by atoms with Gasteiger partial charge in [-0.2, -0.15) is 0 Å². The molecular formula is C10H7ClF3N3. The molecular weight excluding hydrogens is 255 g/mol. The molecule has 0 spiro atoms. The van der Waals surface area contributed by atoms with Gasteiger partial charge in [-0.15, -0.1) is 16.7 Å². The molecule has 0 aliphatic heterocycles. The Morgan fingerprint density at radius 2 is 1.82 bits per heavy atom. The largest absolute Gasteiger partial charge is 0.217 e. The molecule has 0 radical (unpaired) electrons. The molecule has 3 nitrogen and oxygen atoms in total. The number of hydrogen-bond acceptors (Lipinski definition) is 2. The van der Waals surface area contributed by atoms with Crippen LogP contribution in [0.1, 0.15) is 18.0 Å². The number of aromatic nitrogens is 3. The van der Waals surface area contributed by atoms with Crippen LogP contribution in [0.15, 0.2) is 18.3 Å². The fraction of sp³-hybridized carbons (Fsp3) is 0.200. The highest BCUT2D eigenvalue weighted by atomic mass is 35.5. The second-order valence-corrected chi connectivity index (χ2v) is 4.08. The van der Waals surface area contributed by atoms with Crippen molar-refractivity contribution in [1.29, 1.82) is 0 Å². The Bertz CT molecular complexity index is 554. The van der Waals surface area contributed by atoms with Crippen molar-refractivity contribution in [2.24, 2.45) is 0 Å². The highest BCUT2D eigenvalue weighted by Crippen LogP contribution is 2.20. The van der Waals surface area contributed by atoms with E-state index in [0.717, 1.165) is 4.68 Å². The molecule has 17 heavy (non-hydrogen) atoms. The van der Waals surface area contributed by atoms with E-state index >= 15 is 0 Å². The minimum absolute atomic E-state index is 0.222. The van der Waals surface area contributed by atoms with Crippen molar-refractivity contribution in [2.75, 3.05) is 0 Å². The van der Waals surface area contributed by atoms with E-state index in [1.807, 2.05) is 0 Å². The summed E-state index contributed by atoms with van der Waals surface area (Å²) in [7, 11) is 0. The third-order valence-electron chi connectivity index (χ3n) is 2.16. The van der Waals surface area contributed by atoms with E-state index in [9.17, 15) is 13.2 Å². The number of nitrogens with zero attached hydrogens (tertiary/aromatic N) is 3. The molecule has 0 saturated heterocycles. The van der Waals surface area contributed by atoms with Crippen LogP contribution in [0, 0.1) is 17.5 Å². The number of rotatable bonds is 2. The minimum atomic E-state index is -1.25. The Kier molecular flexibility index (Phi) is 3.06. The quantitative estimate of drug-likeness (QED) is 0.615. The molecule has 90 valence electrons. The average Bonchev–Trinajstić information content (AvgIpc) is 2.72. The van der Waals surface area contributed by atoms with E-state index in [0.29, 0.717) is 17.8 Å². The molecule has 0 aliphatic carbocycles. The van der Waals surface area contributed by atoms with Crippen molar-refractivity contribution in [1.82, 2.24) is 15.0 Å². The molecule has 1 unspecified atom stereocenters. The molecule has 1 aromatic carbocycles. The first kappa shape index (κ1) is 11.9. The number of alkyl halides is 1. The van der Waals surface area contributed by atoms with Crippen LogP contribution < -0.4 is 0 Å². The third-order valence-corrected chi connectivity index (χ3v) is 2.38. The Hall–Kier alpha value is -1.56. The van der Waals surface area contributed by atoms with Crippen LogP contribution in [0.2, 0.25) is 0 Å². The molecule has 1 atom stereocenters. The fourth-order valence-corrected chi connectivity index (χ4v) is 1.36. The maximum Gasteiger partial charge on any atom is 0.161 e. The van der Waals surface area contributed by atoms with Gasteiger partial charge in [-0.1, -0.05) is 5.21 Å². The smallest absolute Gasteiger partial charge is 0.161 e. The van der Waals surface area contributed by atoms with Crippen LogP contribution in [0.5, 0.6) is 0 Å². The Balaban J connectivity index is 2.49. The molecule has 0 aliphatic rings. The van der Waals surface area contributed by atoms with E-state index in [1.165, 1.54) is 6.20 Å². The number of benzene rings is 1. The van der Waals surface area contributed by atoms with Crippen LogP contribution in [0.3, 0.4) is 0 Å². The first-order valence-corrected chi connectivity index (χ1v) is 5.14. The van der Waals surface area contributed by atoms with Crippen molar-refractivity contribution in [3.05, 3.63) is 41.5 Å². The highest BCUT2D eigenvalue weighted by molar-refractivity contribution is 6.20. The Labute approximate surface area is 99.8 Å². The Morgan fingerprint density at radius 1 is 1.18 bits per heavy atom. The second kappa shape index (κ2) is 4.37. The van der Waals surface area contributed by atoms with Crippen LogP contribution in [-0.4, -0.2) is 15.0 Å². The van der Waals surface area contributed by atoms with Crippen LogP contribution in [0.4, 0.5) is 13.2 Å². The van der Waals surface area contributed by atoms with Crippen LogP contribution >= 0.6 is 11.6 Å². The normalized spacial score (nSPS) is 12.8. The first-order chi connectivity index (χ1) is 7.99. The lowest BCUT2D eigenvalue weighted by atomic mass is 10.3. The molecule has 0 N–H and O–H groups in total. The molecule has 7 heteroatoms. The van der Waals surface area contributed by atoms with Crippen molar-refractivity contribution in [2.45, 2.75) is 12.3 Å². The van der Waals surface area contributed by atoms with Crippen LogP contribution in [0.25, 0.3) is 5.69 Å². The van der Waals surface area contributed by atoms with Crippen molar-refractivity contribution < 1.29 is 13.2 Å². The van der Waals surface area contributed by atoms with Gasteiger partial charge in [-0.05, 0) is 6.92 Å².